The molecule has 1 amide bonds. The first kappa shape index (κ1) is 19.1. The molecule has 0 fully saturated rings. The van der Waals surface area contributed by atoms with Gasteiger partial charge in [-0.15, -0.1) is 11.3 Å². The summed E-state index contributed by atoms with van der Waals surface area (Å²) in [5, 5.41) is 6.22. The van der Waals surface area contributed by atoms with Crippen molar-refractivity contribution in [1.82, 2.24) is 10.3 Å². The van der Waals surface area contributed by atoms with E-state index < -0.39 is 0 Å². The first-order chi connectivity index (χ1) is 13.2. The SMILES string of the molecule is Cc1csc(CCCCNC(=O)c2cccc(OCc3ccccc3)c2)n1. The summed E-state index contributed by atoms with van der Waals surface area (Å²) in [6.45, 7) is 3.17. The number of hydrogen-bond donors (Lipinski definition) is 1. The number of nitrogens with one attached hydrogen (secondary N) is 1. The van der Waals surface area contributed by atoms with Gasteiger partial charge in [-0.1, -0.05) is 36.4 Å². The molecule has 27 heavy (non-hydrogen) atoms. The number of nitrogens with zero attached hydrogens (tertiary/aromatic N) is 1. The summed E-state index contributed by atoms with van der Waals surface area (Å²) in [4.78, 5) is 16.8. The standard InChI is InChI=1S/C22H24N2O2S/c1-17-16-27-21(24-17)12-5-6-13-23-22(25)19-10-7-11-20(14-19)26-15-18-8-3-2-4-9-18/h2-4,7-11,14,16H,5-6,12-13,15H2,1H3,(H,23,25). The molecular weight excluding hydrogens is 356 g/mol. The number of aryl methyl sites for hydroxylation is 2. The molecule has 2 aromatic carbocycles. The fourth-order valence-corrected chi connectivity index (χ4v) is 3.51. The second kappa shape index (κ2) is 9.88. The molecule has 0 radical (unpaired) electrons. The molecule has 0 unspecified atom stereocenters. The summed E-state index contributed by atoms with van der Waals surface area (Å²) >= 11 is 1.70. The van der Waals surface area contributed by atoms with Gasteiger partial charge in [0.2, 0.25) is 0 Å². The predicted octanol–water partition coefficient (Wildman–Crippen LogP) is 4.78. The fraction of sp³-hybridized carbons (Fsp3) is 0.273. The van der Waals surface area contributed by atoms with E-state index in [0.717, 1.165) is 30.5 Å². The molecule has 5 heteroatoms. The van der Waals surface area contributed by atoms with Crippen molar-refractivity contribution in [2.45, 2.75) is 32.8 Å². The van der Waals surface area contributed by atoms with Gasteiger partial charge in [-0.05, 0) is 49.9 Å². The van der Waals surface area contributed by atoms with Gasteiger partial charge in [0.15, 0.2) is 0 Å². The fourth-order valence-electron chi connectivity index (χ4n) is 2.69. The van der Waals surface area contributed by atoms with Gasteiger partial charge in [-0.3, -0.25) is 4.79 Å². The van der Waals surface area contributed by atoms with Gasteiger partial charge in [0.1, 0.15) is 12.4 Å². The van der Waals surface area contributed by atoms with Gasteiger partial charge in [-0.25, -0.2) is 4.98 Å². The van der Waals surface area contributed by atoms with Crippen LogP contribution in [0.25, 0.3) is 0 Å². The van der Waals surface area contributed by atoms with E-state index in [9.17, 15) is 4.79 Å². The lowest BCUT2D eigenvalue weighted by atomic mass is 10.2. The molecule has 0 atom stereocenters. The minimum atomic E-state index is -0.0646. The molecule has 3 rings (SSSR count). The van der Waals surface area contributed by atoms with E-state index in [0.29, 0.717) is 24.5 Å². The Balaban J connectivity index is 1.41. The van der Waals surface area contributed by atoms with Crippen LogP contribution in [-0.2, 0) is 13.0 Å². The van der Waals surface area contributed by atoms with Crippen molar-refractivity contribution in [2.24, 2.45) is 0 Å². The molecule has 0 aliphatic heterocycles. The zero-order valence-electron chi connectivity index (χ0n) is 15.5. The van der Waals surface area contributed by atoms with Crippen molar-refractivity contribution < 1.29 is 9.53 Å². The summed E-state index contributed by atoms with van der Waals surface area (Å²) in [5.41, 5.74) is 2.80. The van der Waals surface area contributed by atoms with Crippen molar-refractivity contribution >= 4 is 17.2 Å². The maximum atomic E-state index is 12.3. The molecule has 1 heterocycles. The largest absolute Gasteiger partial charge is 0.489 e. The minimum Gasteiger partial charge on any atom is -0.489 e. The van der Waals surface area contributed by atoms with E-state index in [-0.39, 0.29) is 5.91 Å². The maximum Gasteiger partial charge on any atom is 0.251 e. The van der Waals surface area contributed by atoms with Crippen molar-refractivity contribution in [3.8, 4) is 5.75 Å². The Bertz CT molecular complexity index is 862. The van der Waals surface area contributed by atoms with Gasteiger partial charge in [-0.2, -0.15) is 0 Å². The molecule has 0 bridgehead atoms. The smallest absolute Gasteiger partial charge is 0.251 e. The van der Waals surface area contributed by atoms with Gasteiger partial charge < -0.3 is 10.1 Å². The Kier molecular flexibility index (Phi) is 6.99. The first-order valence-electron chi connectivity index (χ1n) is 9.17. The topological polar surface area (TPSA) is 51.2 Å². The summed E-state index contributed by atoms with van der Waals surface area (Å²) in [6.07, 6.45) is 2.93. The molecule has 4 nitrogen and oxygen atoms in total. The lowest BCUT2D eigenvalue weighted by molar-refractivity contribution is 0.0952. The average Bonchev–Trinajstić information content (AvgIpc) is 3.12. The third-order valence-corrected chi connectivity index (χ3v) is 5.14. The van der Waals surface area contributed by atoms with Crippen LogP contribution < -0.4 is 10.1 Å². The Morgan fingerprint density at radius 2 is 1.96 bits per heavy atom. The highest BCUT2D eigenvalue weighted by molar-refractivity contribution is 7.09. The van der Waals surface area contributed by atoms with Crippen molar-refractivity contribution in [1.29, 1.82) is 0 Å². The summed E-state index contributed by atoms with van der Waals surface area (Å²) in [7, 11) is 0. The number of ether oxygens (including phenoxy) is 1. The number of unbranched alkanes of at least 4 members (excludes halogenated alkanes) is 1. The molecule has 1 N–H and O–H groups in total. The molecule has 140 valence electrons. The van der Waals surface area contributed by atoms with Crippen LogP contribution in [0.2, 0.25) is 0 Å². The van der Waals surface area contributed by atoms with Crippen LogP contribution in [0.5, 0.6) is 5.75 Å². The number of carbonyl (C=O) groups excluding carboxylic acids is 1. The van der Waals surface area contributed by atoms with E-state index in [1.54, 1.807) is 17.4 Å². The third-order valence-electron chi connectivity index (χ3n) is 4.11. The molecule has 0 saturated carbocycles. The number of thiazole rings is 1. The molecule has 0 spiro atoms. The Morgan fingerprint density at radius 3 is 2.74 bits per heavy atom. The number of amides is 1. The van der Waals surface area contributed by atoms with Crippen molar-refractivity contribution in [3.63, 3.8) is 0 Å². The highest BCUT2D eigenvalue weighted by Crippen LogP contribution is 2.15. The number of carbonyl (C=O) groups is 1. The first-order valence-corrected chi connectivity index (χ1v) is 10.0. The normalized spacial score (nSPS) is 10.6. The van der Waals surface area contributed by atoms with Gasteiger partial charge >= 0.3 is 0 Å². The van der Waals surface area contributed by atoms with E-state index in [4.69, 9.17) is 4.74 Å². The highest BCUT2D eigenvalue weighted by Gasteiger charge is 2.07. The monoisotopic (exact) mass is 380 g/mol. The minimum absolute atomic E-state index is 0.0646. The third kappa shape index (κ3) is 6.22. The summed E-state index contributed by atoms with van der Waals surface area (Å²) in [6, 6.07) is 17.3. The van der Waals surface area contributed by atoms with Crippen molar-refractivity contribution in [2.75, 3.05) is 6.54 Å². The summed E-state index contributed by atoms with van der Waals surface area (Å²) in [5.74, 6) is 0.635. The van der Waals surface area contributed by atoms with Crippen LogP contribution in [0, 0.1) is 6.92 Å². The summed E-state index contributed by atoms with van der Waals surface area (Å²) < 4.78 is 5.79. The van der Waals surface area contributed by atoms with Gasteiger partial charge in [0, 0.05) is 23.2 Å². The second-order valence-electron chi connectivity index (χ2n) is 6.40. The molecule has 3 aromatic rings. The van der Waals surface area contributed by atoms with Crippen molar-refractivity contribution in [3.05, 3.63) is 81.8 Å². The molecule has 0 aliphatic carbocycles. The number of benzene rings is 2. The number of rotatable bonds is 9. The quantitative estimate of drug-likeness (QED) is 0.543. The Hall–Kier alpha value is -2.66. The van der Waals surface area contributed by atoms with Gasteiger partial charge in [0.25, 0.3) is 5.91 Å². The molecular formula is C22H24N2O2S. The van der Waals surface area contributed by atoms with Crippen LogP contribution in [0.1, 0.15) is 39.5 Å². The maximum absolute atomic E-state index is 12.3. The van der Waals surface area contributed by atoms with Crippen LogP contribution in [0.4, 0.5) is 0 Å². The van der Waals surface area contributed by atoms with Crippen LogP contribution >= 0.6 is 11.3 Å². The van der Waals surface area contributed by atoms with Crippen LogP contribution in [0.15, 0.2) is 60.0 Å². The lowest BCUT2D eigenvalue weighted by Crippen LogP contribution is -2.24. The van der Waals surface area contributed by atoms with E-state index in [1.165, 1.54) is 5.01 Å². The van der Waals surface area contributed by atoms with Crippen LogP contribution in [-0.4, -0.2) is 17.4 Å². The number of aromatic nitrogens is 1. The molecule has 0 aliphatic rings. The van der Waals surface area contributed by atoms with E-state index >= 15 is 0 Å². The number of hydrogen-bond acceptors (Lipinski definition) is 4. The predicted molar refractivity (Wildman–Crippen MR) is 109 cm³/mol. The second-order valence-corrected chi connectivity index (χ2v) is 7.34. The highest BCUT2D eigenvalue weighted by atomic mass is 32.1. The zero-order chi connectivity index (χ0) is 18.9. The van der Waals surface area contributed by atoms with E-state index in [1.807, 2.05) is 55.5 Å². The van der Waals surface area contributed by atoms with Crippen LogP contribution in [0.3, 0.4) is 0 Å². The Morgan fingerprint density at radius 1 is 1.11 bits per heavy atom. The average molecular weight is 381 g/mol. The van der Waals surface area contributed by atoms with Gasteiger partial charge in [0.05, 0.1) is 5.01 Å². The zero-order valence-corrected chi connectivity index (χ0v) is 16.3. The Labute approximate surface area is 164 Å². The van der Waals surface area contributed by atoms with E-state index in [2.05, 4.69) is 15.7 Å². The molecule has 1 aromatic heterocycles. The lowest BCUT2D eigenvalue weighted by Gasteiger charge is -2.09. The molecule has 0 saturated heterocycles.